The number of carbonyl (C=O) groups is 3. The summed E-state index contributed by atoms with van der Waals surface area (Å²) in [6.07, 6.45) is 0.0772. The van der Waals surface area contributed by atoms with Gasteiger partial charge < -0.3 is 24.7 Å². The molecule has 0 heterocycles. The summed E-state index contributed by atoms with van der Waals surface area (Å²) in [6, 6.07) is 19.1. The molecule has 0 aliphatic rings. The van der Waals surface area contributed by atoms with E-state index in [0.29, 0.717) is 17.2 Å². The minimum Gasteiger partial charge on any atom is -0.545 e. The van der Waals surface area contributed by atoms with Crippen LogP contribution in [0.1, 0.15) is 26.3 Å². The molecule has 0 aliphatic heterocycles. The number of para-hydroxylation sites is 1. The van der Waals surface area contributed by atoms with Crippen molar-refractivity contribution in [3.05, 3.63) is 89.5 Å². The van der Waals surface area contributed by atoms with Gasteiger partial charge in [-0.05, 0) is 47.5 Å². The third-order valence-corrected chi connectivity index (χ3v) is 4.75. The van der Waals surface area contributed by atoms with E-state index in [0.717, 1.165) is 5.56 Å². The summed E-state index contributed by atoms with van der Waals surface area (Å²) in [6.45, 7) is 0. The first-order valence-electron chi connectivity index (χ1n) is 9.92. The van der Waals surface area contributed by atoms with Crippen LogP contribution in [0, 0.1) is 0 Å². The lowest BCUT2D eigenvalue weighted by atomic mass is 10.1. The van der Waals surface area contributed by atoms with Crippen LogP contribution in [0.4, 0.5) is 5.69 Å². The average molecular weight is 445 g/mol. The van der Waals surface area contributed by atoms with Gasteiger partial charge in [-0.15, -0.1) is 0 Å². The highest BCUT2D eigenvalue weighted by Gasteiger charge is 2.18. The molecule has 1 N–H and O–H groups in total. The Balaban J connectivity index is 1.91. The van der Waals surface area contributed by atoms with Gasteiger partial charge in [0.25, 0.3) is 11.8 Å². The summed E-state index contributed by atoms with van der Waals surface area (Å²) in [5, 5.41) is 13.6. The molecular formula is C25H21N2O6-. The van der Waals surface area contributed by atoms with E-state index in [9.17, 15) is 19.5 Å². The van der Waals surface area contributed by atoms with Gasteiger partial charge in [0.1, 0.15) is 17.2 Å². The molecule has 3 rings (SSSR count). The third-order valence-electron chi connectivity index (χ3n) is 4.75. The van der Waals surface area contributed by atoms with E-state index in [1.807, 2.05) is 0 Å². The molecule has 0 aromatic heterocycles. The van der Waals surface area contributed by atoms with Crippen LogP contribution in [-0.4, -0.2) is 37.7 Å². The van der Waals surface area contributed by atoms with Gasteiger partial charge in [0, 0.05) is 12.1 Å². The topological polar surface area (TPSA) is 117 Å². The van der Waals surface area contributed by atoms with E-state index in [1.54, 1.807) is 55.6 Å². The fourth-order valence-electron chi connectivity index (χ4n) is 3.00. The van der Waals surface area contributed by atoms with Crippen molar-refractivity contribution >= 4 is 29.2 Å². The molecule has 0 fully saturated rings. The predicted molar refractivity (Wildman–Crippen MR) is 121 cm³/mol. The second-order valence-electron chi connectivity index (χ2n) is 6.91. The number of amides is 2. The Morgan fingerprint density at radius 3 is 2.15 bits per heavy atom. The number of nitrogens with zero attached hydrogens (tertiary/aromatic N) is 1. The Kier molecular flexibility index (Phi) is 7.54. The highest BCUT2D eigenvalue weighted by atomic mass is 16.5. The predicted octanol–water partition coefficient (Wildman–Crippen LogP) is 2.53. The van der Waals surface area contributed by atoms with Crippen molar-refractivity contribution in [2.45, 2.75) is 6.42 Å². The molecule has 0 spiro atoms. The zero-order valence-electron chi connectivity index (χ0n) is 18.0. The van der Waals surface area contributed by atoms with E-state index in [-0.39, 0.29) is 23.3 Å². The van der Waals surface area contributed by atoms with Gasteiger partial charge in [0.15, 0.2) is 0 Å². The van der Waals surface area contributed by atoms with Gasteiger partial charge in [-0.2, -0.15) is 0 Å². The minimum absolute atomic E-state index is 0.0218. The van der Waals surface area contributed by atoms with Crippen molar-refractivity contribution in [1.29, 1.82) is 0 Å². The molecule has 0 bridgehead atoms. The first kappa shape index (κ1) is 23.2. The number of hydrogen-bond acceptors (Lipinski definition) is 6. The standard InChI is InChI=1S/C25H22N2O6/c1-32-19-13-7-16(8-14-19)15-21(27-23(28)20-5-3-4-6-22(20)33-2)24(29)26-18-11-9-17(10-12-18)25(30)31/h3-14H,15H2,1-2H3,(H,26,29)(H,30,31)/p-1. The lowest BCUT2D eigenvalue weighted by Gasteiger charge is -2.11. The Morgan fingerprint density at radius 2 is 1.55 bits per heavy atom. The number of aromatic carboxylic acids is 1. The van der Waals surface area contributed by atoms with Crippen LogP contribution in [0.25, 0.3) is 0 Å². The monoisotopic (exact) mass is 445 g/mol. The number of carboxylic acids is 1. The van der Waals surface area contributed by atoms with Crippen LogP contribution in [0.3, 0.4) is 0 Å². The zero-order chi connectivity index (χ0) is 23.8. The fraction of sp³-hybridized carbons (Fsp3) is 0.120. The summed E-state index contributed by atoms with van der Waals surface area (Å²) in [7, 11) is 2.99. The molecule has 168 valence electrons. The Labute approximate surface area is 190 Å². The number of ether oxygens (including phenoxy) is 2. The second-order valence-corrected chi connectivity index (χ2v) is 6.91. The lowest BCUT2D eigenvalue weighted by molar-refractivity contribution is -0.255. The molecule has 0 unspecified atom stereocenters. The Morgan fingerprint density at radius 1 is 0.879 bits per heavy atom. The number of anilines is 1. The van der Waals surface area contributed by atoms with E-state index >= 15 is 0 Å². The van der Waals surface area contributed by atoms with E-state index in [2.05, 4.69) is 10.3 Å². The molecule has 3 aromatic carbocycles. The Bertz CT molecular complexity index is 1180. The van der Waals surface area contributed by atoms with E-state index in [4.69, 9.17) is 9.47 Å². The SMILES string of the molecule is COc1ccc(CC(=NC(=O)c2ccccc2OC)C(=O)Nc2ccc(C(=O)[O-])cc2)cc1. The van der Waals surface area contributed by atoms with Crippen molar-refractivity contribution in [2.75, 3.05) is 19.5 Å². The largest absolute Gasteiger partial charge is 0.545 e. The highest BCUT2D eigenvalue weighted by molar-refractivity contribution is 6.45. The molecule has 3 aromatic rings. The number of benzene rings is 3. The molecule has 0 aliphatic carbocycles. The number of nitrogens with one attached hydrogen (secondary N) is 1. The number of carbonyl (C=O) groups excluding carboxylic acids is 3. The number of aliphatic imine (C=N–C) groups is 1. The Hall–Kier alpha value is -4.46. The number of rotatable bonds is 8. The van der Waals surface area contributed by atoms with Gasteiger partial charge in [-0.1, -0.05) is 36.4 Å². The molecule has 0 atom stereocenters. The summed E-state index contributed by atoms with van der Waals surface area (Å²) in [5.74, 6) is -1.56. The number of hydrogen-bond donors (Lipinski definition) is 1. The van der Waals surface area contributed by atoms with Crippen LogP contribution in [0.5, 0.6) is 11.5 Å². The maximum Gasteiger partial charge on any atom is 0.281 e. The quantitative estimate of drug-likeness (QED) is 0.533. The average Bonchev–Trinajstić information content (AvgIpc) is 2.84. The van der Waals surface area contributed by atoms with Gasteiger partial charge >= 0.3 is 0 Å². The van der Waals surface area contributed by atoms with Crippen LogP contribution in [-0.2, 0) is 11.2 Å². The smallest absolute Gasteiger partial charge is 0.281 e. The van der Waals surface area contributed by atoms with E-state index in [1.165, 1.54) is 31.4 Å². The second kappa shape index (κ2) is 10.7. The van der Waals surface area contributed by atoms with Gasteiger partial charge in [-0.25, -0.2) is 4.99 Å². The van der Waals surface area contributed by atoms with Gasteiger partial charge in [0.05, 0.1) is 25.8 Å². The van der Waals surface area contributed by atoms with Crippen molar-refractivity contribution in [3.63, 3.8) is 0 Å². The zero-order valence-corrected chi connectivity index (χ0v) is 18.0. The van der Waals surface area contributed by atoms with Crippen molar-refractivity contribution < 1.29 is 29.0 Å². The summed E-state index contributed by atoms with van der Waals surface area (Å²) < 4.78 is 10.4. The van der Waals surface area contributed by atoms with Crippen molar-refractivity contribution in [3.8, 4) is 11.5 Å². The molecule has 33 heavy (non-hydrogen) atoms. The minimum atomic E-state index is -1.32. The van der Waals surface area contributed by atoms with Crippen LogP contribution in [0.2, 0.25) is 0 Å². The molecule has 8 heteroatoms. The first-order chi connectivity index (χ1) is 15.9. The molecule has 8 nitrogen and oxygen atoms in total. The molecule has 0 saturated carbocycles. The van der Waals surface area contributed by atoms with Crippen molar-refractivity contribution in [2.24, 2.45) is 4.99 Å². The molecule has 2 amide bonds. The van der Waals surface area contributed by atoms with Gasteiger partial charge in [0.2, 0.25) is 0 Å². The maximum atomic E-state index is 13.0. The van der Waals surface area contributed by atoms with Crippen LogP contribution >= 0.6 is 0 Å². The van der Waals surface area contributed by atoms with Gasteiger partial charge in [-0.3, -0.25) is 9.59 Å². The molecule has 0 saturated heterocycles. The summed E-state index contributed by atoms with van der Waals surface area (Å²) >= 11 is 0. The van der Waals surface area contributed by atoms with Crippen LogP contribution < -0.4 is 19.9 Å². The highest BCUT2D eigenvalue weighted by Crippen LogP contribution is 2.19. The third kappa shape index (κ3) is 6.04. The molecular weight excluding hydrogens is 424 g/mol. The normalized spacial score (nSPS) is 10.9. The molecule has 0 radical (unpaired) electrons. The lowest BCUT2D eigenvalue weighted by Crippen LogP contribution is -2.26. The summed E-state index contributed by atoms with van der Waals surface area (Å²) in [5.41, 5.74) is 1.26. The van der Waals surface area contributed by atoms with E-state index < -0.39 is 17.8 Å². The number of carboxylic acid groups (broad SMARTS) is 1. The fourth-order valence-corrected chi connectivity index (χ4v) is 3.00. The first-order valence-corrected chi connectivity index (χ1v) is 9.92. The summed E-state index contributed by atoms with van der Waals surface area (Å²) in [4.78, 5) is 40.9. The maximum absolute atomic E-state index is 13.0. The van der Waals surface area contributed by atoms with Crippen LogP contribution in [0.15, 0.2) is 77.8 Å². The van der Waals surface area contributed by atoms with Crippen molar-refractivity contribution in [1.82, 2.24) is 0 Å². The number of methoxy groups -OCH3 is 2.